The maximum absolute atomic E-state index is 6.20. The van der Waals surface area contributed by atoms with Gasteiger partial charge >= 0.3 is 0 Å². The Balaban J connectivity index is 0.885. The third kappa shape index (κ3) is 4.69. The van der Waals surface area contributed by atoms with Gasteiger partial charge in [-0.2, -0.15) is 0 Å². The number of ether oxygens (including phenoxy) is 2. The van der Waals surface area contributed by atoms with E-state index in [0.29, 0.717) is 0 Å². The molecule has 0 amide bonds. The quantitative estimate of drug-likeness (QED) is 0.182. The van der Waals surface area contributed by atoms with E-state index < -0.39 is 0 Å². The lowest BCUT2D eigenvalue weighted by atomic mass is 10.1. The van der Waals surface area contributed by atoms with E-state index in [4.69, 9.17) is 19.4 Å². The summed E-state index contributed by atoms with van der Waals surface area (Å²) in [5.74, 6) is 3.37. The fourth-order valence-electron chi connectivity index (χ4n) is 7.07. The highest BCUT2D eigenvalue weighted by molar-refractivity contribution is 7.23. The molecule has 246 valence electrons. The van der Waals surface area contributed by atoms with Crippen molar-refractivity contribution in [3.05, 3.63) is 158 Å². The molecule has 0 saturated carbocycles. The number of fused-ring (bicyclic) bond motifs is 6. The smallest absolute Gasteiger partial charge is 0.151 e. The Hall–Kier alpha value is -6.48. The number of thiazole rings is 2. The SMILES string of the molecule is c1ccc2c(c1)Oc1ccccc1N2c1ccc(-c2nc3cc4sc(-c5ccc(N6c7ccccc7Oc7ccccc76)cc5)nc4cc3s2)cc1. The Morgan fingerprint density at radius 3 is 1.06 bits per heavy atom. The summed E-state index contributed by atoms with van der Waals surface area (Å²) < 4.78 is 14.7. The molecule has 0 spiro atoms. The minimum absolute atomic E-state index is 0.843. The fourth-order valence-corrected chi connectivity index (χ4v) is 9.04. The highest BCUT2D eigenvalue weighted by atomic mass is 32.1. The second-order valence-electron chi connectivity index (χ2n) is 12.7. The van der Waals surface area contributed by atoms with Gasteiger partial charge in [0.05, 0.1) is 43.2 Å². The van der Waals surface area contributed by atoms with E-state index in [0.717, 1.165) is 98.7 Å². The van der Waals surface area contributed by atoms with Crippen molar-refractivity contribution >= 4 is 77.2 Å². The van der Waals surface area contributed by atoms with E-state index >= 15 is 0 Å². The molecule has 0 atom stereocenters. The predicted molar refractivity (Wildman–Crippen MR) is 213 cm³/mol. The van der Waals surface area contributed by atoms with Crippen LogP contribution in [0.3, 0.4) is 0 Å². The molecule has 0 N–H and O–H groups in total. The number of rotatable bonds is 4. The third-order valence-electron chi connectivity index (χ3n) is 9.51. The average molecular weight is 707 g/mol. The molecule has 0 radical (unpaired) electrons. The van der Waals surface area contributed by atoms with Crippen LogP contribution in [0.25, 0.3) is 41.6 Å². The molecule has 52 heavy (non-hydrogen) atoms. The van der Waals surface area contributed by atoms with E-state index in [2.05, 4.69) is 94.7 Å². The van der Waals surface area contributed by atoms with Crippen molar-refractivity contribution in [2.45, 2.75) is 0 Å². The lowest BCUT2D eigenvalue weighted by Crippen LogP contribution is -2.15. The molecule has 9 aromatic rings. The average Bonchev–Trinajstić information content (AvgIpc) is 3.82. The van der Waals surface area contributed by atoms with E-state index in [9.17, 15) is 0 Å². The molecule has 0 aliphatic carbocycles. The summed E-state index contributed by atoms with van der Waals surface area (Å²) in [6, 6.07) is 54.2. The van der Waals surface area contributed by atoms with Crippen LogP contribution < -0.4 is 19.3 Å². The number of hydrogen-bond acceptors (Lipinski definition) is 8. The minimum atomic E-state index is 0.843. The van der Waals surface area contributed by atoms with Crippen LogP contribution in [-0.4, -0.2) is 9.97 Å². The normalized spacial score (nSPS) is 12.8. The number of anilines is 6. The molecule has 0 fully saturated rings. The number of hydrogen-bond donors (Lipinski definition) is 0. The van der Waals surface area contributed by atoms with Gasteiger partial charge in [0.25, 0.3) is 0 Å². The number of aromatic nitrogens is 2. The monoisotopic (exact) mass is 706 g/mol. The number of para-hydroxylation sites is 8. The Morgan fingerprint density at radius 1 is 0.385 bits per heavy atom. The first-order chi connectivity index (χ1) is 25.7. The van der Waals surface area contributed by atoms with Crippen molar-refractivity contribution in [3.8, 4) is 44.1 Å². The van der Waals surface area contributed by atoms with Crippen molar-refractivity contribution in [3.63, 3.8) is 0 Å². The molecule has 8 heteroatoms. The van der Waals surface area contributed by atoms with Gasteiger partial charge in [0, 0.05) is 22.5 Å². The lowest BCUT2D eigenvalue weighted by Gasteiger charge is -2.32. The number of benzene rings is 7. The van der Waals surface area contributed by atoms with E-state index in [1.165, 1.54) is 0 Å². The maximum atomic E-state index is 6.20. The summed E-state index contributed by atoms with van der Waals surface area (Å²) in [5.41, 5.74) is 10.4. The highest BCUT2D eigenvalue weighted by Gasteiger charge is 2.27. The molecule has 2 aliphatic heterocycles. The second kappa shape index (κ2) is 11.5. The Morgan fingerprint density at radius 2 is 0.712 bits per heavy atom. The van der Waals surface area contributed by atoms with Gasteiger partial charge in [-0.3, -0.25) is 0 Å². The molecular weight excluding hydrogens is 681 g/mol. The van der Waals surface area contributed by atoms with Crippen molar-refractivity contribution in [2.75, 3.05) is 9.80 Å². The first kappa shape index (κ1) is 29.3. The summed E-state index contributed by atoms with van der Waals surface area (Å²) >= 11 is 3.40. The van der Waals surface area contributed by atoms with Crippen molar-refractivity contribution in [1.29, 1.82) is 0 Å². The van der Waals surface area contributed by atoms with Crippen LogP contribution in [0.15, 0.2) is 158 Å². The largest absolute Gasteiger partial charge is 0.453 e. The fraction of sp³-hybridized carbons (Fsp3) is 0. The zero-order valence-electron chi connectivity index (χ0n) is 27.4. The van der Waals surface area contributed by atoms with Crippen LogP contribution in [0.1, 0.15) is 0 Å². The van der Waals surface area contributed by atoms with E-state index in [1.807, 2.05) is 72.8 Å². The Bertz CT molecular complexity index is 2490. The van der Waals surface area contributed by atoms with Crippen LogP contribution in [-0.2, 0) is 0 Å². The van der Waals surface area contributed by atoms with Crippen molar-refractivity contribution in [1.82, 2.24) is 9.97 Å². The van der Waals surface area contributed by atoms with Crippen LogP contribution in [0.5, 0.6) is 23.0 Å². The summed E-state index contributed by atoms with van der Waals surface area (Å²) in [6.07, 6.45) is 0. The first-order valence-electron chi connectivity index (χ1n) is 17.0. The molecule has 4 heterocycles. The van der Waals surface area contributed by atoms with E-state index in [-0.39, 0.29) is 0 Å². The molecule has 11 rings (SSSR count). The van der Waals surface area contributed by atoms with Crippen LogP contribution in [0, 0.1) is 0 Å². The second-order valence-corrected chi connectivity index (χ2v) is 14.7. The molecule has 0 saturated heterocycles. The van der Waals surface area contributed by atoms with Gasteiger partial charge < -0.3 is 19.3 Å². The van der Waals surface area contributed by atoms with E-state index in [1.54, 1.807) is 22.7 Å². The molecule has 2 aliphatic rings. The zero-order chi connectivity index (χ0) is 34.2. The lowest BCUT2D eigenvalue weighted by molar-refractivity contribution is 0.477. The first-order valence-corrected chi connectivity index (χ1v) is 18.6. The van der Waals surface area contributed by atoms with Crippen LogP contribution >= 0.6 is 22.7 Å². The molecule has 2 aromatic heterocycles. The summed E-state index contributed by atoms with van der Waals surface area (Å²) in [5, 5.41) is 1.98. The molecular formula is C44H26N4O2S2. The van der Waals surface area contributed by atoms with Gasteiger partial charge in [-0.25, -0.2) is 9.97 Å². The van der Waals surface area contributed by atoms with Crippen molar-refractivity contribution < 1.29 is 9.47 Å². The van der Waals surface area contributed by atoms with Gasteiger partial charge in [0.15, 0.2) is 23.0 Å². The topological polar surface area (TPSA) is 50.7 Å². The number of nitrogens with zero attached hydrogens (tertiary/aromatic N) is 4. The van der Waals surface area contributed by atoms with Gasteiger partial charge in [-0.05, 0) is 109 Å². The molecule has 6 nitrogen and oxygen atoms in total. The molecule has 0 unspecified atom stereocenters. The maximum Gasteiger partial charge on any atom is 0.151 e. The zero-order valence-corrected chi connectivity index (χ0v) is 29.1. The third-order valence-corrected chi connectivity index (χ3v) is 11.6. The van der Waals surface area contributed by atoms with Crippen molar-refractivity contribution in [2.24, 2.45) is 0 Å². The van der Waals surface area contributed by atoms with Gasteiger partial charge in [-0.1, -0.05) is 48.5 Å². The minimum Gasteiger partial charge on any atom is -0.453 e. The Kier molecular flexibility index (Phi) is 6.49. The van der Waals surface area contributed by atoms with Gasteiger partial charge in [0.2, 0.25) is 0 Å². The van der Waals surface area contributed by atoms with Crippen LogP contribution in [0.2, 0.25) is 0 Å². The Labute approximate surface area is 307 Å². The van der Waals surface area contributed by atoms with Gasteiger partial charge in [-0.15, -0.1) is 22.7 Å². The van der Waals surface area contributed by atoms with Crippen LogP contribution in [0.4, 0.5) is 34.1 Å². The summed E-state index contributed by atoms with van der Waals surface area (Å²) in [4.78, 5) is 14.7. The standard InChI is InChI=1S/C44H26N4O2S2/c1-5-13-37-33(9-1)47(34-10-2-6-14-38(34)49-37)29-21-17-27(18-22-29)43-45-31-25-42-32(26-41(31)51-43)46-44(52-42)28-19-23-30(24-20-28)48-35-11-3-7-15-39(35)50-40-16-8-4-12-36(40)48/h1-26H. The highest BCUT2D eigenvalue weighted by Crippen LogP contribution is 2.52. The molecule has 0 bridgehead atoms. The summed E-state index contributed by atoms with van der Waals surface area (Å²) in [7, 11) is 0. The summed E-state index contributed by atoms with van der Waals surface area (Å²) in [6.45, 7) is 0. The molecule has 7 aromatic carbocycles. The predicted octanol–water partition coefficient (Wildman–Crippen LogP) is 13.4. The van der Waals surface area contributed by atoms with Gasteiger partial charge in [0.1, 0.15) is 10.0 Å².